The Morgan fingerprint density at radius 2 is 1.73 bits per heavy atom. The number of piperazine rings is 1. The van der Waals surface area contributed by atoms with Crippen molar-refractivity contribution in [2.45, 2.75) is 64.2 Å². The lowest BCUT2D eigenvalue weighted by atomic mass is 10.1. The molecule has 204 valence electrons. The van der Waals surface area contributed by atoms with Crippen molar-refractivity contribution in [3.05, 3.63) is 29.7 Å². The second-order valence-corrected chi connectivity index (χ2v) is 10.4. The maximum atomic E-state index is 13.1. The number of halogens is 3. The first-order valence-electron chi connectivity index (χ1n) is 13.0. The number of carbonyl (C=O) groups excluding carboxylic acids is 1. The summed E-state index contributed by atoms with van der Waals surface area (Å²) < 4.78 is 33.8. The van der Waals surface area contributed by atoms with Crippen LogP contribution >= 0.6 is 0 Å². The molecular weight excluding hydrogens is 489 g/mol. The fourth-order valence-electron chi connectivity index (χ4n) is 5.07. The Hall–Kier alpha value is -2.73. The van der Waals surface area contributed by atoms with Gasteiger partial charge < -0.3 is 10.0 Å². The Kier molecular flexibility index (Phi) is 8.37. The van der Waals surface area contributed by atoms with Crippen molar-refractivity contribution in [2.75, 3.05) is 39.3 Å². The van der Waals surface area contributed by atoms with Crippen LogP contribution in [0.15, 0.2) is 18.3 Å². The molecule has 0 aromatic carbocycles. The van der Waals surface area contributed by atoms with Gasteiger partial charge in [0.25, 0.3) is 5.91 Å². The van der Waals surface area contributed by atoms with Gasteiger partial charge in [-0.25, -0.2) is 4.79 Å². The number of carboxylic acids is 1. The molecule has 4 heterocycles. The largest absolute Gasteiger partial charge is 0.490 e. The molecule has 1 N–H and O–H groups in total. The van der Waals surface area contributed by atoms with E-state index in [-0.39, 0.29) is 11.9 Å². The zero-order valence-corrected chi connectivity index (χ0v) is 21.3. The molecule has 5 rings (SSSR count). The number of piperidine rings is 1. The Morgan fingerprint density at radius 3 is 2.32 bits per heavy atom. The van der Waals surface area contributed by atoms with Crippen LogP contribution in [-0.2, 0) is 4.79 Å². The van der Waals surface area contributed by atoms with E-state index >= 15 is 0 Å². The van der Waals surface area contributed by atoms with Crippen molar-refractivity contribution in [2.24, 2.45) is 5.92 Å². The molecule has 2 saturated heterocycles. The fourth-order valence-corrected chi connectivity index (χ4v) is 5.07. The number of alkyl halides is 3. The van der Waals surface area contributed by atoms with Crippen LogP contribution in [0.1, 0.15) is 68.2 Å². The van der Waals surface area contributed by atoms with Crippen LogP contribution in [0.25, 0.3) is 5.65 Å². The Morgan fingerprint density at radius 1 is 1.05 bits per heavy atom. The van der Waals surface area contributed by atoms with E-state index in [9.17, 15) is 18.0 Å². The van der Waals surface area contributed by atoms with Crippen LogP contribution < -0.4 is 0 Å². The van der Waals surface area contributed by atoms with Gasteiger partial charge in [-0.3, -0.25) is 19.0 Å². The Bertz CT molecular complexity index is 1100. The van der Waals surface area contributed by atoms with Crippen molar-refractivity contribution >= 4 is 17.5 Å². The van der Waals surface area contributed by atoms with Crippen molar-refractivity contribution in [1.29, 1.82) is 0 Å². The summed E-state index contributed by atoms with van der Waals surface area (Å²) in [6.45, 7) is 10.6. The third-order valence-corrected chi connectivity index (χ3v) is 7.24. The quantitative estimate of drug-likeness (QED) is 0.640. The number of amides is 1. The van der Waals surface area contributed by atoms with Crippen LogP contribution in [0, 0.1) is 5.92 Å². The number of rotatable bonds is 5. The third-order valence-electron chi connectivity index (χ3n) is 7.24. The van der Waals surface area contributed by atoms with Gasteiger partial charge in [-0.15, -0.1) is 10.2 Å². The minimum absolute atomic E-state index is 0.135. The average Bonchev–Trinajstić information content (AvgIpc) is 3.58. The highest BCUT2D eigenvalue weighted by atomic mass is 19.4. The van der Waals surface area contributed by atoms with E-state index in [2.05, 4.69) is 38.2 Å². The Balaban J connectivity index is 0.000000405. The van der Waals surface area contributed by atoms with Gasteiger partial charge >= 0.3 is 12.1 Å². The van der Waals surface area contributed by atoms with Crippen molar-refractivity contribution < 1.29 is 27.9 Å². The van der Waals surface area contributed by atoms with E-state index in [1.807, 2.05) is 23.2 Å². The monoisotopic (exact) mass is 524 g/mol. The number of aliphatic carboxylic acids is 1. The van der Waals surface area contributed by atoms with Crippen LogP contribution in [0.3, 0.4) is 0 Å². The van der Waals surface area contributed by atoms with Gasteiger partial charge in [0.15, 0.2) is 11.5 Å². The minimum atomic E-state index is -5.08. The average molecular weight is 525 g/mol. The molecule has 1 saturated carbocycles. The molecule has 0 bridgehead atoms. The predicted molar refractivity (Wildman–Crippen MR) is 130 cm³/mol. The molecule has 0 radical (unpaired) electrons. The van der Waals surface area contributed by atoms with Crippen molar-refractivity contribution in [3.8, 4) is 0 Å². The van der Waals surface area contributed by atoms with Gasteiger partial charge in [0.2, 0.25) is 0 Å². The topological polar surface area (TPSA) is 94.3 Å². The number of pyridine rings is 1. The number of fused-ring (bicyclic) bond motifs is 1. The van der Waals surface area contributed by atoms with E-state index in [4.69, 9.17) is 9.90 Å². The summed E-state index contributed by atoms with van der Waals surface area (Å²) in [7, 11) is 0. The molecule has 2 aliphatic heterocycles. The number of aromatic nitrogens is 3. The molecule has 1 aliphatic carbocycles. The summed E-state index contributed by atoms with van der Waals surface area (Å²) in [4.78, 5) is 29.1. The number of hydrogen-bond donors (Lipinski definition) is 1. The van der Waals surface area contributed by atoms with Crippen LogP contribution in [-0.4, -0.2) is 97.8 Å². The van der Waals surface area contributed by atoms with E-state index in [1.165, 1.54) is 25.8 Å². The number of nitrogens with zero attached hydrogens (tertiary/aromatic N) is 6. The predicted octanol–water partition coefficient (Wildman–Crippen LogP) is 3.47. The van der Waals surface area contributed by atoms with E-state index < -0.39 is 12.1 Å². The molecule has 3 aliphatic rings. The number of carbonyl (C=O) groups is 2. The molecule has 9 nitrogen and oxygen atoms in total. The highest BCUT2D eigenvalue weighted by Gasteiger charge is 2.38. The third kappa shape index (κ3) is 6.78. The summed E-state index contributed by atoms with van der Waals surface area (Å²) >= 11 is 0. The first-order chi connectivity index (χ1) is 17.5. The zero-order valence-electron chi connectivity index (χ0n) is 21.3. The van der Waals surface area contributed by atoms with Gasteiger partial charge in [0, 0.05) is 51.5 Å². The Labute approximate surface area is 214 Å². The van der Waals surface area contributed by atoms with Crippen molar-refractivity contribution in [1.82, 2.24) is 29.3 Å². The lowest BCUT2D eigenvalue weighted by Crippen LogP contribution is -2.51. The summed E-state index contributed by atoms with van der Waals surface area (Å²) in [5.41, 5.74) is 1.57. The van der Waals surface area contributed by atoms with Gasteiger partial charge in [0.1, 0.15) is 0 Å². The highest BCUT2D eigenvalue weighted by molar-refractivity contribution is 5.94. The minimum Gasteiger partial charge on any atom is -0.475 e. The van der Waals surface area contributed by atoms with E-state index in [0.29, 0.717) is 6.04 Å². The standard InChI is InChI=1S/C23H34N6O.C2HF3O2/c1-17(2)28-13-12-26(14-18-6-7-18)16-20(28)22-25-24-21-9-8-19(15-29(21)22)23(30)27-10-4-3-5-11-27;3-2(4,5)1(6)7/h8-9,15,17-18,20H,3-7,10-14,16H2,1-2H3;(H,6,7). The lowest BCUT2D eigenvalue weighted by Gasteiger charge is -2.42. The first-order valence-corrected chi connectivity index (χ1v) is 13.0. The molecule has 1 atom stereocenters. The van der Waals surface area contributed by atoms with Crippen LogP contribution in [0.2, 0.25) is 0 Å². The lowest BCUT2D eigenvalue weighted by molar-refractivity contribution is -0.192. The van der Waals surface area contributed by atoms with E-state index in [1.54, 1.807) is 0 Å². The maximum absolute atomic E-state index is 13.1. The molecular formula is C25H35F3N6O3. The highest BCUT2D eigenvalue weighted by Crippen LogP contribution is 2.33. The van der Waals surface area contributed by atoms with Gasteiger partial charge in [-0.1, -0.05) is 0 Å². The van der Waals surface area contributed by atoms with Gasteiger partial charge in [-0.2, -0.15) is 13.2 Å². The summed E-state index contributed by atoms with van der Waals surface area (Å²) in [5.74, 6) is -0.767. The summed E-state index contributed by atoms with van der Waals surface area (Å²) in [6, 6.07) is 4.50. The number of hydrogen-bond acceptors (Lipinski definition) is 6. The molecule has 1 amide bonds. The van der Waals surface area contributed by atoms with E-state index in [0.717, 1.165) is 68.5 Å². The molecule has 3 fully saturated rings. The first kappa shape index (κ1) is 27.3. The second kappa shape index (κ2) is 11.3. The molecule has 1 unspecified atom stereocenters. The van der Waals surface area contributed by atoms with Crippen LogP contribution in [0.4, 0.5) is 13.2 Å². The van der Waals surface area contributed by atoms with Crippen molar-refractivity contribution in [3.63, 3.8) is 0 Å². The molecule has 2 aromatic heterocycles. The smallest absolute Gasteiger partial charge is 0.475 e. The molecule has 37 heavy (non-hydrogen) atoms. The van der Waals surface area contributed by atoms with Crippen LogP contribution in [0.5, 0.6) is 0 Å². The molecule has 2 aromatic rings. The normalized spacial score (nSPS) is 21.7. The zero-order chi connectivity index (χ0) is 26.7. The summed E-state index contributed by atoms with van der Waals surface area (Å²) in [6.07, 6.45) is 3.08. The van der Waals surface area contributed by atoms with Gasteiger partial charge in [0.05, 0.1) is 11.6 Å². The number of carboxylic acid groups (broad SMARTS) is 1. The second-order valence-electron chi connectivity index (χ2n) is 10.4. The summed E-state index contributed by atoms with van der Waals surface area (Å²) in [5, 5.41) is 16.2. The molecule has 0 spiro atoms. The maximum Gasteiger partial charge on any atom is 0.490 e. The molecule has 12 heteroatoms. The SMILES string of the molecule is CC(C)N1CCN(CC2CC2)CC1c1nnc2ccc(C(=O)N3CCCCC3)cn12.O=C(O)C(F)(F)F. The van der Waals surface area contributed by atoms with Gasteiger partial charge in [-0.05, 0) is 64.0 Å². The number of likely N-dealkylation sites (tertiary alicyclic amines) is 1. The fraction of sp³-hybridized carbons (Fsp3) is 0.680.